The highest BCUT2D eigenvalue weighted by Crippen LogP contribution is 2.27. The van der Waals surface area contributed by atoms with Gasteiger partial charge in [-0.25, -0.2) is 0 Å². The van der Waals surface area contributed by atoms with Crippen LogP contribution in [0.4, 0.5) is 11.4 Å². The lowest BCUT2D eigenvalue weighted by Gasteiger charge is -2.17. The first-order valence-electron chi connectivity index (χ1n) is 13.0. The molecule has 4 rings (SSSR count). The molecule has 7 nitrogen and oxygen atoms in total. The molecule has 198 valence electrons. The van der Waals surface area contributed by atoms with Gasteiger partial charge in [-0.05, 0) is 66.8 Å². The molecule has 38 heavy (non-hydrogen) atoms. The fraction of sp³-hybridized carbons (Fsp3) is 0.323. The first kappa shape index (κ1) is 26.9. The SMILES string of the molecule is Cc1ccc(NC(=O)COc2ccc(N3C[C@H](C(=O)NCc4ccc(C(C)C)cc4)CC3=O)cc2)c(C)c1. The average molecular weight is 514 g/mol. The van der Waals surface area contributed by atoms with Crippen molar-refractivity contribution in [3.63, 3.8) is 0 Å². The fourth-order valence-electron chi connectivity index (χ4n) is 4.50. The summed E-state index contributed by atoms with van der Waals surface area (Å²) < 4.78 is 5.62. The standard InChI is InChI=1S/C31H35N3O4/c1-20(2)24-8-6-23(7-9-24)17-32-31(37)25-16-30(36)34(18-25)26-10-12-27(13-11-26)38-19-29(35)33-28-14-5-21(3)15-22(28)4/h5-15,20,25H,16-19H2,1-4H3,(H,32,37)(H,33,35)/t25-/m1/s1. The molecule has 0 aliphatic carbocycles. The van der Waals surface area contributed by atoms with E-state index in [-0.39, 0.29) is 30.7 Å². The zero-order valence-electron chi connectivity index (χ0n) is 22.4. The summed E-state index contributed by atoms with van der Waals surface area (Å²) in [6.07, 6.45) is 0.176. The highest BCUT2D eigenvalue weighted by atomic mass is 16.5. The van der Waals surface area contributed by atoms with Crippen LogP contribution in [0.2, 0.25) is 0 Å². The van der Waals surface area contributed by atoms with Gasteiger partial charge in [0.25, 0.3) is 5.91 Å². The van der Waals surface area contributed by atoms with Gasteiger partial charge in [0, 0.05) is 30.9 Å². The number of hydrogen-bond acceptors (Lipinski definition) is 4. The summed E-state index contributed by atoms with van der Waals surface area (Å²) in [5, 5.41) is 5.82. The predicted octanol–water partition coefficient (Wildman–Crippen LogP) is 5.11. The summed E-state index contributed by atoms with van der Waals surface area (Å²) in [6, 6.07) is 21.0. The van der Waals surface area contributed by atoms with Crippen LogP contribution in [-0.4, -0.2) is 30.9 Å². The fourth-order valence-corrected chi connectivity index (χ4v) is 4.50. The summed E-state index contributed by atoms with van der Waals surface area (Å²) in [5.74, 6) is 0.121. The van der Waals surface area contributed by atoms with Crippen LogP contribution in [0.25, 0.3) is 0 Å². The predicted molar refractivity (Wildman–Crippen MR) is 149 cm³/mol. The second kappa shape index (κ2) is 11.9. The van der Waals surface area contributed by atoms with Gasteiger partial charge in [-0.15, -0.1) is 0 Å². The van der Waals surface area contributed by atoms with Gasteiger partial charge in [0.1, 0.15) is 5.75 Å². The highest BCUT2D eigenvalue weighted by molar-refractivity contribution is 6.00. The Balaban J connectivity index is 1.26. The third-order valence-electron chi connectivity index (χ3n) is 6.78. The van der Waals surface area contributed by atoms with Crippen LogP contribution in [0.15, 0.2) is 66.7 Å². The molecule has 3 aromatic carbocycles. The molecule has 1 aliphatic heterocycles. The second-order valence-electron chi connectivity index (χ2n) is 10.2. The largest absolute Gasteiger partial charge is 0.484 e. The number of carbonyl (C=O) groups is 3. The number of nitrogens with one attached hydrogen (secondary N) is 2. The molecule has 3 aromatic rings. The summed E-state index contributed by atoms with van der Waals surface area (Å²) in [5.41, 5.74) is 5.87. The monoisotopic (exact) mass is 513 g/mol. The van der Waals surface area contributed by atoms with Crippen LogP contribution >= 0.6 is 0 Å². The Morgan fingerprint density at radius 2 is 1.71 bits per heavy atom. The minimum absolute atomic E-state index is 0.0899. The minimum atomic E-state index is -0.401. The number of benzene rings is 3. The Bertz CT molecular complexity index is 1300. The number of ether oxygens (including phenoxy) is 1. The van der Waals surface area contributed by atoms with E-state index < -0.39 is 5.92 Å². The molecule has 1 atom stereocenters. The number of nitrogens with zero attached hydrogens (tertiary/aromatic N) is 1. The van der Waals surface area contributed by atoms with Gasteiger partial charge in [-0.2, -0.15) is 0 Å². The van der Waals surface area contributed by atoms with Crippen molar-refractivity contribution in [3.05, 3.63) is 89.0 Å². The zero-order valence-corrected chi connectivity index (χ0v) is 22.4. The smallest absolute Gasteiger partial charge is 0.262 e. The van der Waals surface area contributed by atoms with E-state index in [0.29, 0.717) is 30.4 Å². The number of carbonyl (C=O) groups excluding carboxylic acids is 3. The molecule has 0 bridgehead atoms. The van der Waals surface area contributed by atoms with E-state index in [9.17, 15) is 14.4 Å². The molecule has 1 heterocycles. The number of rotatable bonds is 9. The molecule has 0 radical (unpaired) electrons. The Kier molecular flexibility index (Phi) is 8.46. The molecule has 0 spiro atoms. The van der Waals surface area contributed by atoms with Crippen molar-refractivity contribution in [2.75, 3.05) is 23.4 Å². The first-order chi connectivity index (χ1) is 18.2. The van der Waals surface area contributed by atoms with E-state index in [4.69, 9.17) is 4.74 Å². The van der Waals surface area contributed by atoms with Crippen molar-refractivity contribution in [1.29, 1.82) is 0 Å². The van der Waals surface area contributed by atoms with Gasteiger partial charge in [-0.1, -0.05) is 55.8 Å². The van der Waals surface area contributed by atoms with Crippen molar-refractivity contribution in [2.24, 2.45) is 5.92 Å². The molecular weight excluding hydrogens is 478 g/mol. The molecule has 1 saturated heterocycles. The van der Waals surface area contributed by atoms with Gasteiger partial charge < -0.3 is 20.3 Å². The van der Waals surface area contributed by atoms with Gasteiger partial charge in [-0.3, -0.25) is 14.4 Å². The number of anilines is 2. The Morgan fingerprint density at radius 3 is 2.37 bits per heavy atom. The van der Waals surface area contributed by atoms with Crippen LogP contribution < -0.4 is 20.3 Å². The molecule has 2 N–H and O–H groups in total. The van der Waals surface area contributed by atoms with Crippen LogP contribution in [-0.2, 0) is 20.9 Å². The number of amides is 3. The van der Waals surface area contributed by atoms with E-state index in [1.807, 2.05) is 44.2 Å². The van der Waals surface area contributed by atoms with E-state index >= 15 is 0 Å². The van der Waals surface area contributed by atoms with Crippen LogP contribution in [0.5, 0.6) is 5.75 Å². The van der Waals surface area contributed by atoms with Crippen LogP contribution in [0.3, 0.4) is 0 Å². The summed E-state index contributed by atoms with van der Waals surface area (Å²) in [4.78, 5) is 39.3. The molecular formula is C31H35N3O4. The lowest BCUT2D eigenvalue weighted by Crippen LogP contribution is -2.32. The summed E-state index contributed by atoms with van der Waals surface area (Å²) in [7, 11) is 0. The summed E-state index contributed by atoms with van der Waals surface area (Å²) in [6.45, 7) is 8.88. The second-order valence-corrected chi connectivity index (χ2v) is 10.2. The molecule has 7 heteroatoms. The molecule has 1 fully saturated rings. The maximum atomic E-state index is 12.7. The molecule has 0 unspecified atom stereocenters. The van der Waals surface area contributed by atoms with Crippen molar-refractivity contribution in [1.82, 2.24) is 5.32 Å². The number of aryl methyl sites for hydroxylation is 2. The zero-order chi connectivity index (χ0) is 27.2. The topological polar surface area (TPSA) is 87.7 Å². The normalized spacial score (nSPS) is 15.0. The maximum Gasteiger partial charge on any atom is 0.262 e. The summed E-state index contributed by atoms with van der Waals surface area (Å²) >= 11 is 0. The van der Waals surface area contributed by atoms with Gasteiger partial charge in [0.2, 0.25) is 11.8 Å². The molecule has 1 aliphatic rings. The Labute approximate surface area is 224 Å². The van der Waals surface area contributed by atoms with Crippen LogP contribution in [0.1, 0.15) is 48.4 Å². The van der Waals surface area contributed by atoms with Crippen molar-refractivity contribution >= 4 is 29.1 Å². The van der Waals surface area contributed by atoms with Crippen molar-refractivity contribution < 1.29 is 19.1 Å². The average Bonchev–Trinajstić information content (AvgIpc) is 3.30. The van der Waals surface area contributed by atoms with Crippen molar-refractivity contribution in [3.8, 4) is 5.75 Å². The lowest BCUT2D eigenvalue weighted by atomic mass is 10.0. The van der Waals surface area contributed by atoms with Gasteiger partial charge >= 0.3 is 0 Å². The third-order valence-corrected chi connectivity index (χ3v) is 6.78. The molecule has 0 aromatic heterocycles. The van der Waals surface area contributed by atoms with E-state index in [0.717, 1.165) is 22.4 Å². The van der Waals surface area contributed by atoms with Gasteiger partial charge in [0.05, 0.1) is 5.92 Å². The Morgan fingerprint density at radius 1 is 1.00 bits per heavy atom. The van der Waals surface area contributed by atoms with Gasteiger partial charge in [0.15, 0.2) is 6.61 Å². The van der Waals surface area contributed by atoms with E-state index in [1.54, 1.807) is 29.2 Å². The van der Waals surface area contributed by atoms with E-state index in [2.05, 4.69) is 36.6 Å². The van der Waals surface area contributed by atoms with Crippen LogP contribution in [0, 0.1) is 19.8 Å². The molecule has 3 amide bonds. The highest BCUT2D eigenvalue weighted by Gasteiger charge is 2.35. The lowest BCUT2D eigenvalue weighted by molar-refractivity contribution is -0.126. The maximum absolute atomic E-state index is 12.7. The Hall–Kier alpha value is -4.13. The van der Waals surface area contributed by atoms with E-state index in [1.165, 1.54) is 5.56 Å². The first-order valence-corrected chi connectivity index (χ1v) is 13.0. The minimum Gasteiger partial charge on any atom is -0.484 e. The quantitative estimate of drug-likeness (QED) is 0.416. The third kappa shape index (κ3) is 6.79. The number of hydrogen-bond donors (Lipinski definition) is 2. The van der Waals surface area contributed by atoms with Crippen molar-refractivity contribution in [2.45, 2.75) is 46.6 Å². The molecule has 0 saturated carbocycles.